The number of rotatable bonds is 9. The third-order valence-corrected chi connectivity index (χ3v) is 5.16. The summed E-state index contributed by atoms with van der Waals surface area (Å²) in [5.74, 6) is 1.68. The van der Waals surface area contributed by atoms with Gasteiger partial charge in [-0.2, -0.15) is 5.10 Å². The van der Waals surface area contributed by atoms with E-state index < -0.39 is 0 Å². The third-order valence-electron chi connectivity index (χ3n) is 4.31. The number of methoxy groups -OCH3 is 4. The molecule has 0 aliphatic rings. The molecule has 3 aromatic rings. The van der Waals surface area contributed by atoms with Gasteiger partial charge in [0.1, 0.15) is 0 Å². The van der Waals surface area contributed by atoms with Crippen LogP contribution in [0.1, 0.15) is 5.56 Å². The van der Waals surface area contributed by atoms with E-state index in [9.17, 15) is 0 Å². The molecule has 158 valence electrons. The van der Waals surface area contributed by atoms with Gasteiger partial charge in [-0.15, -0.1) is 11.3 Å². The van der Waals surface area contributed by atoms with E-state index in [-0.39, 0.29) is 0 Å². The van der Waals surface area contributed by atoms with Crippen LogP contribution < -0.4 is 19.0 Å². The minimum absolute atomic E-state index is 0.542. The highest BCUT2D eigenvalue weighted by molar-refractivity contribution is 7.07. The number of thiazole rings is 1. The largest absolute Gasteiger partial charge is 0.493 e. The zero-order chi connectivity index (χ0) is 21.3. The van der Waals surface area contributed by atoms with Gasteiger partial charge in [-0.3, -0.25) is 4.99 Å². The number of hydrogen-bond acceptors (Lipinski definition) is 7. The SMILES string of the molecule is COCCN=c1scc(-c2ccccc2)n1N=Cc1cc(OC)c(OC)c(OC)c1. The first kappa shape index (κ1) is 21.6. The molecule has 0 atom stereocenters. The molecule has 0 aliphatic heterocycles. The van der Waals surface area contributed by atoms with Crippen LogP contribution in [0.5, 0.6) is 17.2 Å². The fraction of sp³-hybridized carbons (Fsp3) is 0.273. The van der Waals surface area contributed by atoms with Crippen molar-refractivity contribution >= 4 is 17.6 Å². The molecule has 7 nitrogen and oxygen atoms in total. The van der Waals surface area contributed by atoms with Gasteiger partial charge in [-0.05, 0) is 12.1 Å². The van der Waals surface area contributed by atoms with Crippen molar-refractivity contribution in [3.8, 4) is 28.5 Å². The van der Waals surface area contributed by atoms with E-state index in [1.807, 2.05) is 52.5 Å². The minimum atomic E-state index is 0.542. The van der Waals surface area contributed by atoms with Gasteiger partial charge in [-0.25, -0.2) is 4.68 Å². The standard InChI is InChI=1S/C22H25N3O4S/c1-26-11-10-23-22-25(18(15-30-22)17-8-6-5-7-9-17)24-14-16-12-19(27-2)21(29-4)20(13-16)28-3/h5-9,12-15H,10-11H2,1-4H3. The summed E-state index contributed by atoms with van der Waals surface area (Å²) in [6.45, 7) is 1.11. The Morgan fingerprint density at radius 1 is 0.967 bits per heavy atom. The first-order valence-corrected chi connectivity index (χ1v) is 10.2. The maximum atomic E-state index is 5.43. The molecule has 0 fully saturated rings. The lowest BCUT2D eigenvalue weighted by molar-refractivity contribution is 0.207. The normalized spacial score (nSPS) is 11.8. The Morgan fingerprint density at radius 3 is 2.27 bits per heavy atom. The Balaban J connectivity index is 2.06. The van der Waals surface area contributed by atoms with E-state index >= 15 is 0 Å². The molecule has 8 heteroatoms. The second kappa shape index (κ2) is 10.6. The molecule has 0 bridgehead atoms. The second-order valence-electron chi connectivity index (χ2n) is 6.16. The Bertz CT molecular complexity index is 1030. The number of nitrogens with zero attached hydrogens (tertiary/aromatic N) is 3. The predicted octanol–water partition coefficient (Wildman–Crippen LogP) is 3.67. The van der Waals surface area contributed by atoms with Crippen LogP contribution in [0.3, 0.4) is 0 Å². The number of benzene rings is 2. The van der Waals surface area contributed by atoms with Crippen LogP contribution in [0, 0.1) is 0 Å². The van der Waals surface area contributed by atoms with Crippen molar-refractivity contribution in [2.24, 2.45) is 10.1 Å². The van der Waals surface area contributed by atoms with E-state index in [1.165, 1.54) is 11.3 Å². The molecule has 0 spiro atoms. The van der Waals surface area contributed by atoms with Gasteiger partial charge in [0.05, 0.1) is 46.4 Å². The average molecular weight is 428 g/mol. The molecule has 3 rings (SSSR count). The maximum Gasteiger partial charge on any atom is 0.206 e. The third kappa shape index (κ3) is 4.90. The first-order chi connectivity index (χ1) is 14.7. The van der Waals surface area contributed by atoms with Crippen molar-refractivity contribution in [2.75, 3.05) is 41.6 Å². The Morgan fingerprint density at radius 2 is 1.67 bits per heavy atom. The molecule has 0 N–H and O–H groups in total. The molecular formula is C22H25N3O4S. The Kier molecular flexibility index (Phi) is 7.64. The van der Waals surface area contributed by atoms with Crippen LogP contribution >= 0.6 is 11.3 Å². The van der Waals surface area contributed by atoms with Crippen molar-refractivity contribution in [2.45, 2.75) is 0 Å². The molecule has 30 heavy (non-hydrogen) atoms. The summed E-state index contributed by atoms with van der Waals surface area (Å²) < 4.78 is 23.2. The van der Waals surface area contributed by atoms with Gasteiger partial charge in [0.2, 0.25) is 10.6 Å². The molecule has 0 radical (unpaired) electrons. The highest BCUT2D eigenvalue weighted by Crippen LogP contribution is 2.37. The molecule has 2 aromatic carbocycles. The molecule has 1 heterocycles. The summed E-state index contributed by atoms with van der Waals surface area (Å²) in [6.07, 6.45) is 1.75. The van der Waals surface area contributed by atoms with Crippen molar-refractivity contribution in [1.29, 1.82) is 0 Å². The topological polar surface area (TPSA) is 66.6 Å². The maximum absolute atomic E-state index is 5.43. The van der Waals surface area contributed by atoms with E-state index in [4.69, 9.17) is 24.0 Å². The number of aromatic nitrogens is 1. The summed E-state index contributed by atoms with van der Waals surface area (Å²) in [5.41, 5.74) is 2.83. The lowest BCUT2D eigenvalue weighted by Gasteiger charge is -2.12. The van der Waals surface area contributed by atoms with Gasteiger partial charge in [0.25, 0.3) is 0 Å². The van der Waals surface area contributed by atoms with Crippen LogP contribution in [0.4, 0.5) is 0 Å². The molecule has 0 saturated carbocycles. The van der Waals surface area contributed by atoms with Crippen LogP contribution in [0.15, 0.2) is 57.9 Å². The van der Waals surface area contributed by atoms with E-state index in [0.29, 0.717) is 30.4 Å². The van der Waals surface area contributed by atoms with Crippen molar-refractivity contribution in [3.63, 3.8) is 0 Å². The Hall–Kier alpha value is -3.10. The fourth-order valence-electron chi connectivity index (χ4n) is 2.86. The van der Waals surface area contributed by atoms with Gasteiger partial charge >= 0.3 is 0 Å². The van der Waals surface area contributed by atoms with Crippen LogP contribution in [0.2, 0.25) is 0 Å². The van der Waals surface area contributed by atoms with E-state index in [1.54, 1.807) is 34.7 Å². The van der Waals surface area contributed by atoms with Crippen molar-refractivity contribution < 1.29 is 18.9 Å². The summed E-state index contributed by atoms with van der Waals surface area (Å²) >= 11 is 1.54. The lowest BCUT2D eigenvalue weighted by atomic mass is 10.2. The molecule has 0 aliphatic carbocycles. The zero-order valence-corrected chi connectivity index (χ0v) is 18.3. The molecule has 0 amide bonds. The minimum Gasteiger partial charge on any atom is -0.493 e. The Labute approximate surface area is 179 Å². The fourth-order valence-corrected chi connectivity index (χ4v) is 3.72. The predicted molar refractivity (Wildman–Crippen MR) is 119 cm³/mol. The highest BCUT2D eigenvalue weighted by atomic mass is 32.1. The second-order valence-corrected chi connectivity index (χ2v) is 7.00. The smallest absolute Gasteiger partial charge is 0.206 e. The monoisotopic (exact) mass is 427 g/mol. The van der Waals surface area contributed by atoms with Crippen LogP contribution in [0.25, 0.3) is 11.3 Å². The molecular weight excluding hydrogens is 402 g/mol. The highest BCUT2D eigenvalue weighted by Gasteiger charge is 2.13. The van der Waals surface area contributed by atoms with Crippen LogP contribution in [-0.2, 0) is 4.74 Å². The van der Waals surface area contributed by atoms with Crippen LogP contribution in [-0.4, -0.2) is 52.5 Å². The van der Waals surface area contributed by atoms with Gasteiger partial charge in [0, 0.05) is 23.6 Å². The van der Waals surface area contributed by atoms with E-state index in [0.717, 1.165) is 21.6 Å². The summed E-state index contributed by atoms with van der Waals surface area (Å²) in [5, 5.41) is 6.76. The van der Waals surface area contributed by atoms with Gasteiger partial charge in [0.15, 0.2) is 11.5 Å². The molecule has 0 unspecified atom stereocenters. The first-order valence-electron chi connectivity index (χ1n) is 9.31. The average Bonchev–Trinajstić information content (AvgIpc) is 3.20. The number of ether oxygens (including phenoxy) is 4. The lowest BCUT2D eigenvalue weighted by Crippen LogP contribution is -2.13. The molecule has 1 aromatic heterocycles. The zero-order valence-electron chi connectivity index (χ0n) is 17.5. The van der Waals surface area contributed by atoms with Crippen molar-refractivity contribution in [3.05, 3.63) is 58.2 Å². The molecule has 0 saturated heterocycles. The number of hydrogen-bond donors (Lipinski definition) is 0. The summed E-state index contributed by atoms with van der Waals surface area (Å²) in [4.78, 5) is 5.41. The van der Waals surface area contributed by atoms with Crippen molar-refractivity contribution in [1.82, 2.24) is 4.68 Å². The quantitative estimate of drug-likeness (QED) is 0.386. The summed E-state index contributed by atoms with van der Waals surface area (Å²) in [6, 6.07) is 13.8. The van der Waals surface area contributed by atoms with Gasteiger partial charge in [-0.1, -0.05) is 30.3 Å². The van der Waals surface area contributed by atoms with Gasteiger partial charge < -0.3 is 18.9 Å². The summed E-state index contributed by atoms with van der Waals surface area (Å²) in [7, 11) is 6.42. The van der Waals surface area contributed by atoms with E-state index in [2.05, 4.69) is 4.99 Å².